The van der Waals surface area contributed by atoms with Crippen LogP contribution in [0.4, 0.5) is 13.2 Å². The molecule has 1 amide bonds. The molecule has 2 aromatic carbocycles. The van der Waals surface area contributed by atoms with E-state index in [1.54, 1.807) is 19.4 Å². The first-order chi connectivity index (χ1) is 16.2. The zero-order valence-electron chi connectivity index (χ0n) is 18.8. The molecule has 1 saturated heterocycles. The van der Waals surface area contributed by atoms with Crippen molar-refractivity contribution in [1.82, 2.24) is 9.88 Å². The minimum absolute atomic E-state index is 0.274. The molecule has 0 spiro atoms. The van der Waals surface area contributed by atoms with Crippen LogP contribution in [0, 0.1) is 0 Å². The van der Waals surface area contributed by atoms with Crippen LogP contribution in [0.1, 0.15) is 34.3 Å². The van der Waals surface area contributed by atoms with E-state index in [1.165, 1.54) is 12.1 Å². The number of hydrogen-bond acceptors (Lipinski definition) is 3. The van der Waals surface area contributed by atoms with Crippen molar-refractivity contribution in [2.45, 2.75) is 31.0 Å². The summed E-state index contributed by atoms with van der Waals surface area (Å²) in [4.78, 5) is 13.3. The summed E-state index contributed by atoms with van der Waals surface area (Å²) in [5.41, 5.74) is 0.825. The lowest BCUT2D eigenvalue weighted by Gasteiger charge is -2.38. The van der Waals surface area contributed by atoms with Crippen molar-refractivity contribution in [2.75, 3.05) is 33.5 Å². The number of benzene rings is 2. The van der Waals surface area contributed by atoms with Gasteiger partial charge < -0.3 is 19.4 Å². The number of amides is 1. The lowest BCUT2D eigenvalue weighted by Crippen LogP contribution is -2.44. The molecule has 0 bridgehead atoms. The van der Waals surface area contributed by atoms with Crippen molar-refractivity contribution < 1.29 is 27.4 Å². The molecule has 3 aromatic rings. The van der Waals surface area contributed by atoms with Crippen LogP contribution in [0.15, 0.2) is 48.7 Å². The average molecular weight is 495 g/mol. The molecule has 182 valence electrons. The standard InChI is InChI=1S/C25H26ClF3N2O3/c1-33-14-11-31-15-19(22-20(26)3-2-4-21(22)31)23(32)30-16-24(9-12-34-13-10-24)17-5-7-18(8-6-17)25(27,28)29/h2-8,15H,9-14,16H2,1H3,(H,30,32). The summed E-state index contributed by atoms with van der Waals surface area (Å²) in [5, 5.41) is 4.16. The number of halogens is 4. The first kappa shape index (κ1) is 24.6. The van der Waals surface area contributed by atoms with E-state index < -0.39 is 17.2 Å². The molecule has 4 rings (SSSR count). The molecule has 2 heterocycles. The second-order valence-electron chi connectivity index (χ2n) is 8.51. The highest BCUT2D eigenvalue weighted by atomic mass is 35.5. The van der Waals surface area contributed by atoms with Gasteiger partial charge in [0.05, 0.1) is 28.3 Å². The topological polar surface area (TPSA) is 52.5 Å². The highest BCUT2D eigenvalue weighted by molar-refractivity contribution is 6.36. The van der Waals surface area contributed by atoms with Gasteiger partial charge in [0.15, 0.2) is 0 Å². The minimum atomic E-state index is -4.40. The number of ether oxygens (including phenoxy) is 2. The first-order valence-corrected chi connectivity index (χ1v) is 11.4. The van der Waals surface area contributed by atoms with Gasteiger partial charge in [0.2, 0.25) is 0 Å². The van der Waals surface area contributed by atoms with Crippen LogP contribution in [0.5, 0.6) is 0 Å². The minimum Gasteiger partial charge on any atom is -0.383 e. The summed E-state index contributed by atoms with van der Waals surface area (Å²) in [5.74, 6) is -0.285. The van der Waals surface area contributed by atoms with Gasteiger partial charge >= 0.3 is 6.18 Å². The summed E-state index contributed by atoms with van der Waals surface area (Å²) in [6.45, 7) is 2.26. The molecule has 1 aliphatic rings. The van der Waals surface area contributed by atoms with Crippen LogP contribution in [-0.4, -0.2) is 43.9 Å². The number of nitrogens with zero attached hydrogens (tertiary/aromatic N) is 1. The maximum Gasteiger partial charge on any atom is 0.416 e. The second kappa shape index (κ2) is 9.98. The van der Waals surface area contributed by atoms with Gasteiger partial charge in [-0.3, -0.25) is 4.79 Å². The molecule has 5 nitrogen and oxygen atoms in total. The molecule has 0 aliphatic carbocycles. The van der Waals surface area contributed by atoms with Crippen LogP contribution in [-0.2, 0) is 27.6 Å². The summed E-state index contributed by atoms with van der Waals surface area (Å²) in [6.07, 6.45) is -1.45. The van der Waals surface area contributed by atoms with Gasteiger partial charge in [-0.05, 0) is 42.7 Å². The fraction of sp³-hybridized carbons (Fsp3) is 0.400. The molecule has 0 unspecified atom stereocenters. The Morgan fingerprint density at radius 2 is 1.88 bits per heavy atom. The van der Waals surface area contributed by atoms with Crippen molar-refractivity contribution >= 4 is 28.4 Å². The number of fused-ring (bicyclic) bond motifs is 1. The van der Waals surface area contributed by atoms with Gasteiger partial charge in [-0.1, -0.05) is 29.8 Å². The van der Waals surface area contributed by atoms with Crippen LogP contribution < -0.4 is 5.32 Å². The molecule has 1 aromatic heterocycles. The van der Waals surface area contributed by atoms with Crippen molar-refractivity contribution in [3.8, 4) is 0 Å². The number of hydrogen-bond donors (Lipinski definition) is 1. The zero-order chi connectivity index (χ0) is 24.3. The molecule has 9 heteroatoms. The second-order valence-corrected chi connectivity index (χ2v) is 8.92. The van der Waals surface area contributed by atoms with Crippen molar-refractivity contribution in [3.05, 3.63) is 70.4 Å². The van der Waals surface area contributed by atoms with Gasteiger partial charge in [0, 0.05) is 50.4 Å². The first-order valence-electron chi connectivity index (χ1n) is 11.1. The van der Waals surface area contributed by atoms with Crippen LogP contribution in [0.2, 0.25) is 5.02 Å². The van der Waals surface area contributed by atoms with Gasteiger partial charge in [-0.25, -0.2) is 0 Å². The molecule has 0 atom stereocenters. The number of aromatic nitrogens is 1. The fourth-order valence-corrected chi connectivity index (χ4v) is 4.81. The van der Waals surface area contributed by atoms with Crippen LogP contribution >= 0.6 is 11.6 Å². The molecular formula is C25H26ClF3N2O3. The largest absolute Gasteiger partial charge is 0.416 e. The Bertz CT molecular complexity index is 1150. The SMILES string of the molecule is COCCn1cc(C(=O)NCC2(c3ccc(C(F)(F)F)cc3)CCOCC2)c2c(Cl)cccc21. The third kappa shape index (κ3) is 4.94. The molecule has 1 fully saturated rings. The van der Waals surface area contributed by atoms with E-state index in [0.717, 1.165) is 23.2 Å². The van der Waals surface area contributed by atoms with E-state index in [2.05, 4.69) is 5.32 Å². The summed E-state index contributed by atoms with van der Waals surface area (Å²) in [7, 11) is 1.61. The van der Waals surface area contributed by atoms with E-state index in [-0.39, 0.29) is 12.5 Å². The number of methoxy groups -OCH3 is 1. The lowest BCUT2D eigenvalue weighted by atomic mass is 9.74. The summed E-state index contributed by atoms with van der Waals surface area (Å²) >= 11 is 6.44. The Morgan fingerprint density at radius 1 is 1.18 bits per heavy atom. The zero-order valence-corrected chi connectivity index (χ0v) is 19.5. The molecule has 0 radical (unpaired) electrons. The Labute approximate surface area is 200 Å². The molecule has 34 heavy (non-hydrogen) atoms. The number of nitrogens with one attached hydrogen (secondary N) is 1. The highest BCUT2D eigenvalue weighted by Gasteiger charge is 2.37. The third-order valence-electron chi connectivity index (χ3n) is 6.50. The Morgan fingerprint density at radius 3 is 2.53 bits per heavy atom. The normalized spacial score (nSPS) is 16.0. The number of carbonyl (C=O) groups excluding carboxylic acids is 1. The lowest BCUT2D eigenvalue weighted by molar-refractivity contribution is -0.137. The van der Waals surface area contributed by atoms with Crippen molar-refractivity contribution in [1.29, 1.82) is 0 Å². The van der Waals surface area contributed by atoms with Gasteiger partial charge in [-0.15, -0.1) is 0 Å². The predicted octanol–water partition coefficient (Wildman–Crippen LogP) is 5.44. The van der Waals surface area contributed by atoms with E-state index in [9.17, 15) is 18.0 Å². The monoisotopic (exact) mass is 494 g/mol. The van der Waals surface area contributed by atoms with Crippen LogP contribution in [0.3, 0.4) is 0 Å². The summed E-state index contributed by atoms with van der Waals surface area (Å²) < 4.78 is 51.7. The highest BCUT2D eigenvalue weighted by Crippen LogP contribution is 2.37. The number of rotatable bonds is 7. The number of carbonyl (C=O) groups is 1. The Kier molecular flexibility index (Phi) is 7.21. The van der Waals surface area contributed by atoms with Gasteiger partial charge in [0.25, 0.3) is 5.91 Å². The van der Waals surface area contributed by atoms with E-state index in [0.29, 0.717) is 55.2 Å². The quantitative estimate of drug-likeness (QED) is 0.476. The van der Waals surface area contributed by atoms with E-state index >= 15 is 0 Å². The Balaban J connectivity index is 1.60. The third-order valence-corrected chi connectivity index (χ3v) is 6.81. The predicted molar refractivity (Wildman–Crippen MR) is 124 cm³/mol. The fourth-order valence-electron chi connectivity index (χ4n) is 4.54. The Hall–Kier alpha value is -2.55. The maximum absolute atomic E-state index is 13.3. The molecule has 1 aliphatic heterocycles. The number of alkyl halides is 3. The van der Waals surface area contributed by atoms with E-state index in [1.807, 2.05) is 16.7 Å². The average Bonchev–Trinajstić information content (AvgIpc) is 3.21. The van der Waals surface area contributed by atoms with E-state index in [4.69, 9.17) is 21.1 Å². The van der Waals surface area contributed by atoms with Gasteiger partial charge in [-0.2, -0.15) is 13.2 Å². The molecule has 1 N–H and O–H groups in total. The van der Waals surface area contributed by atoms with Crippen molar-refractivity contribution in [2.24, 2.45) is 0 Å². The van der Waals surface area contributed by atoms with Gasteiger partial charge in [0.1, 0.15) is 0 Å². The molecule has 0 saturated carbocycles. The summed E-state index contributed by atoms with van der Waals surface area (Å²) in [6, 6.07) is 10.7. The molecular weight excluding hydrogens is 469 g/mol. The van der Waals surface area contributed by atoms with Crippen molar-refractivity contribution in [3.63, 3.8) is 0 Å². The smallest absolute Gasteiger partial charge is 0.383 e. The van der Waals surface area contributed by atoms with Crippen LogP contribution in [0.25, 0.3) is 10.9 Å². The maximum atomic E-state index is 13.3.